The fourth-order valence-corrected chi connectivity index (χ4v) is 3.54. The van der Waals surface area contributed by atoms with E-state index in [4.69, 9.17) is 16.6 Å². The van der Waals surface area contributed by atoms with Gasteiger partial charge in [-0.15, -0.1) is 0 Å². The van der Waals surface area contributed by atoms with E-state index in [9.17, 15) is 0 Å². The zero-order valence-electron chi connectivity index (χ0n) is 12.0. The van der Waals surface area contributed by atoms with Gasteiger partial charge in [0.05, 0.1) is 0 Å². The standard InChI is InChI=1S/C15H18ClN3S/c1-15(2,3)13-17-14(20-18-13)19-8-7-11-10(9-19)5-4-6-12(11)16/h4-6H,7-9H2,1-3H3. The van der Waals surface area contributed by atoms with E-state index < -0.39 is 0 Å². The first-order chi connectivity index (χ1) is 9.45. The average molecular weight is 308 g/mol. The topological polar surface area (TPSA) is 29.0 Å². The number of benzene rings is 1. The number of nitrogens with zero attached hydrogens (tertiary/aromatic N) is 3. The van der Waals surface area contributed by atoms with Crippen molar-refractivity contribution in [2.24, 2.45) is 0 Å². The average Bonchev–Trinajstić information content (AvgIpc) is 2.88. The van der Waals surface area contributed by atoms with Gasteiger partial charge in [-0.25, -0.2) is 4.98 Å². The molecular formula is C15H18ClN3S. The molecule has 0 radical (unpaired) electrons. The molecule has 0 atom stereocenters. The maximum atomic E-state index is 6.26. The highest BCUT2D eigenvalue weighted by Gasteiger charge is 2.24. The summed E-state index contributed by atoms with van der Waals surface area (Å²) < 4.78 is 4.50. The van der Waals surface area contributed by atoms with Crippen LogP contribution in [0.15, 0.2) is 18.2 Å². The third-order valence-corrected chi connectivity index (χ3v) is 4.70. The molecule has 0 aliphatic carbocycles. The Hall–Kier alpha value is -1.13. The number of hydrogen-bond acceptors (Lipinski definition) is 4. The number of halogens is 1. The molecule has 0 spiro atoms. The van der Waals surface area contributed by atoms with Crippen molar-refractivity contribution in [3.63, 3.8) is 0 Å². The molecule has 2 heterocycles. The van der Waals surface area contributed by atoms with Crippen molar-refractivity contribution in [1.82, 2.24) is 9.36 Å². The first kappa shape index (κ1) is 13.8. The smallest absolute Gasteiger partial charge is 0.205 e. The Morgan fingerprint density at radius 1 is 1.30 bits per heavy atom. The van der Waals surface area contributed by atoms with Crippen LogP contribution in [0.5, 0.6) is 0 Å². The molecule has 20 heavy (non-hydrogen) atoms. The third-order valence-electron chi connectivity index (χ3n) is 3.57. The Labute approximate surface area is 128 Å². The second kappa shape index (κ2) is 5.01. The second-order valence-electron chi connectivity index (χ2n) is 6.20. The molecule has 3 nitrogen and oxygen atoms in total. The summed E-state index contributed by atoms with van der Waals surface area (Å²) >= 11 is 7.75. The number of anilines is 1. The van der Waals surface area contributed by atoms with E-state index in [-0.39, 0.29) is 5.41 Å². The minimum atomic E-state index is 0.00571. The van der Waals surface area contributed by atoms with Gasteiger partial charge in [-0.3, -0.25) is 0 Å². The Kier molecular flexibility index (Phi) is 3.46. The lowest BCUT2D eigenvalue weighted by Gasteiger charge is -2.28. The summed E-state index contributed by atoms with van der Waals surface area (Å²) in [6.45, 7) is 8.25. The summed E-state index contributed by atoms with van der Waals surface area (Å²) in [6.07, 6.45) is 0.972. The quantitative estimate of drug-likeness (QED) is 0.796. The van der Waals surface area contributed by atoms with E-state index in [1.54, 1.807) is 0 Å². The normalized spacial score (nSPS) is 15.3. The van der Waals surface area contributed by atoms with E-state index in [2.05, 4.69) is 36.1 Å². The van der Waals surface area contributed by atoms with E-state index in [0.29, 0.717) is 0 Å². The van der Waals surface area contributed by atoms with E-state index >= 15 is 0 Å². The van der Waals surface area contributed by atoms with Gasteiger partial charge in [0.15, 0.2) is 0 Å². The fraction of sp³-hybridized carbons (Fsp3) is 0.467. The van der Waals surface area contributed by atoms with Crippen LogP contribution in [0, 0.1) is 0 Å². The Morgan fingerprint density at radius 3 is 2.80 bits per heavy atom. The van der Waals surface area contributed by atoms with Crippen LogP contribution in [-0.4, -0.2) is 15.9 Å². The molecule has 0 saturated carbocycles. The minimum Gasteiger partial charge on any atom is -0.342 e. The van der Waals surface area contributed by atoms with Crippen molar-refractivity contribution in [3.8, 4) is 0 Å². The largest absolute Gasteiger partial charge is 0.342 e. The van der Waals surface area contributed by atoms with Gasteiger partial charge in [0.2, 0.25) is 5.13 Å². The van der Waals surface area contributed by atoms with Crippen LogP contribution in [0.1, 0.15) is 37.7 Å². The van der Waals surface area contributed by atoms with Crippen LogP contribution in [0.4, 0.5) is 5.13 Å². The fourth-order valence-electron chi connectivity index (χ4n) is 2.37. The maximum Gasteiger partial charge on any atom is 0.205 e. The molecule has 1 aromatic heterocycles. The highest BCUT2D eigenvalue weighted by Crippen LogP contribution is 2.31. The minimum absolute atomic E-state index is 0.00571. The summed E-state index contributed by atoms with van der Waals surface area (Å²) in [6, 6.07) is 6.14. The van der Waals surface area contributed by atoms with Gasteiger partial charge in [0, 0.05) is 35.1 Å². The van der Waals surface area contributed by atoms with Gasteiger partial charge in [-0.2, -0.15) is 4.37 Å². The molecule has 0 fully saturated rings. The van der Waals surface area contributed by atoms with Crippen molar-refractivity contribution in [3.05, 3.63) is 40.2 Å². The predicted molar refractivity (Wildman–Crippen MR) is 84.8 cm³/mol. The van der Waals surface area contributed by atoms with Crippen LogP contribution >= 0.6 is 23.1 Å². The first-order valence-corrected chi connectivity index (χ1v) is 7.96. The van der Waals surface area contributed by atoms with Gasteiger partial charge >= 0.3 is 0 Å². The van der Waals surface area contributed by atoms with E-state index in [1.165, 1.54) is 22.7 Å². The van der Waals surface area contributed by atoms with Gasteiger partial charge in [0.25, 0.3) is 0 Å². The van der Waals surface area contributed by atoms with Crippen LogP contribution in [0.3, 0.4) is 0 Å². The van der Waals surface area contributed by atoms with Crippen molar-refractivity contribution >= 4 is 28.3 Å². The zero-order valence-corrected chi connectivity index (χ0v) is 13.6. The summed E-state index contributed by atoms with van der Waals surface area (Å²) in [5.74, 6) is 0.925. The molecule has 1 aromatic carbocycles. The van der Waals surface area contributed by atoms with E-state index in [0.717, 1.165) is 35.5 Å². The van der Waals surface area contributed by atoms with E-state index in [1.807, 2.05) is 12.1 Å². The van der Waals surface area contributed by atoms with Crippen molar-refractivity contribution < 1.29 is 0 Å². The molecule has 106 valence electrons. The number of rotatable bonds is 1. The third kappa shape index (κ3) is 2.54. The number of aromatic nitrogens is 2. The van der Waals surface area contributed by atoms with Crippen LogP contribution in [-0.2, 0) is 18.4 Å². The Morgan fingerprint density at radius 2 is 2.10 bits per heavy atom. The van der Waals surface area contributed by atoms with Gasteiger partial charge < -0.3 is 4.90 Å². The van der Waals surface area contributed by atoms with Crippen molar-refractivity contribution in [1.29, 1.82) is 0 Å². The summed E-state index contributed by atoms with van der Waals surface area (Å²) in [5, 5.41) is 1.90. The summed E-state index contributed by atoms with van der Waals surface area (Å²) in [7, 11) is 0. The van der Waals surface area contributed by atoms with Crippen LogP contribution < -0.4 is 4.90 Å². The van der Waals surface area contributed by atoms with Gasteiger partial charge in [0.1, 0.15) is 5.82 Å². The zero-order chi connectivity index (χ0) is 14.3. The molecule has 0 bridgehead atoms. The molecule has 1 aliphatic rings. The lowest BCUT2D eigenvalue weighted by atomic mass is 9.96. The molecule has 0 saturated heterocycles. The molecular weight excluding hydrogens is 290 g/mol. The number of fused-ring (bicyclic) bond motifs is 1. The lowest BCUT2D eigenvalue weighted by molar-refractivity contribution is 0.553. The molecule has 5 heteroatoms. The molecule has 2 aromatic rings. The van der Waals surface area contributed by atoms with Gasteiger partial charge in [-0.05, 0) is 23.6 Å². The summed E-state index contributed by atoms with van der Waals surface area (Å²) in [5.41, 5.74) is 2.59. The summed E-state index contributed by atoms with van der Waals surface area (Å²) in [4.78, 5) is 7.00. The first-order valence-electron chi connectivity index (χ1n) is 6.80. The Bertz CT molecular complexity index is 630. The van der Waals surface area contributed by atoms with Crippen LogP contribution in [0.25, 0.3) is 0 Å². The van der Waals surface area contributed by atoms with Gasteiger partial charge in [-0.1, -0.05) is 44.5 Å². The predicted octanol–water partition coefficient (Wildman–Crippen LogP) is 4.05. The van der Waals surface area contributed by atoms with Crippen molar-refractivity contribution in [2.75, 3.05) is 11.4 Å². The molecule has 0 N–H and O–H groups in total. The molecule has 0 unspecified atom stereocenters. The second-order valence-corrected chi connectivity index (χ2v) is 7.34. The molecule has 3 rings (SSSR count). The molecule has 1 aliphatic heterocycles. The van der Waals surface area contributed by atoms with Crippen molar-refractivity contribution in [2.45, 2.75) is 39.2 Å². The number of hydrogen-bond donors (Lipinski definition) is 0. The molecule has 0 amide bonds. The lowest BCUT2D eigenvalue weighted by Crippen LogP contribution is -2.30. The highest BCUT2D eigenvalue weighted by atomic mass is 35.5. The Balaban J connectivity index is 1.85. The monoisotopic (exact) mass is 307 g/mol. The SMILES string of the molecule is CC(C)(C)c1nsc(N2CCc3c(Cl)cccc3C2)n1. The van der Waals surface area contributed by atoms with Crippen LogP contribution in [0.2, 0.25) is 5.02 Å². The highest BCUT2D eigenvalue weighted by molar-refractivity contribution is 7.09. The maximum absolute atomic E-state index is 6.26.